The minimum atomic E-state index is -4.36. The Hall–Kier alpha value is -3.82. The summed E-state index contributed by atoms with van der Waals surface area (Å²) in [6.45, 7) is 22.3. The van der Waals surface area contributed by atoms with Crippen molar-refractivity contribution in [3.63, 3.8) is 0 Å². The molecule has 0 atom stereocenters. The second kappa shape index (κ2) is 51.1. The third kappa shape index (κ3) is 35.5. The summed E-state index contributed by atoms with van der Waals surface area (Å²) >= 11 is 15.5. The first-order valence-electron chi connectivity index (χ1n) is 32.3. The molecule has 3 heterocycles. The molecule has 9 aromatic rings. The molecule has 0 fully saturated rings. The van der Waals surface area contributed by atoms with Crippen molar-refractivity contribution in [2.24, 2.45) is 0 Å². The van der Waals surface area contributed by atoms with Gasteiger partial charge < -0.3 is 65.0 Å². The number of benzene rings is 6. The van der Waals surface area contributed by atoms with Gasteiger partial charge in [0.15, 0.2) is 29.4 Å². The van der Waals surface area contributed by atoms with Crippen LogP contribution in [0.3, 0.4) is 0 Å². The Morgan fingerprint density at radius 2 is 0.816 bits per heavy atom. The number of thiazole rings is 3. The van der Waals surface area contributed by atoms with E-state index in [9.17, 15) is 59.0 Å². The number of carbonyl (C=O) groups excluding carboxylic acids is 3. The van der Waals surface area contributed by atoms with Crippen LogP contribution >= 0.6 is 110 Å². The first-order chi connectivity index (χ1) is 51.0. The van der Waals surface area contributed by atoms with Crippen LogP contribution in [0.25, 0.3) is 33.8 Å². The van der Waals surface area contributed by atoms with Gasteiger partial charge in [-0.1, -0.05) is 75.9 Å². The zero-order chi connectivity index (χ0) is 81.4. The van der Waals surface area contributed by atoms with Crippen LogP contribution in [-0.4, -0.2) is 118 Å². The van der Waals surface area contributed by atoms with Crippen LogP contribution in [-0.2, 0) is 52.1 Å². The molecule has 0 bridgehead atoms. The van der Waals surface area contributed by atoms with Gasteiger partial charge in [0.25, 0.3) is 6.47 Å². The number of nitrogens with one attached hydrogen (secondary N) is 1. The molecule has 114 heavy (non-hydrogen) atoms. The van der Waals surface area contributed by atoms with Gasteiger partial charge in [-0.2, -0.15) is 39.5 Å². The summed E-state index contributed by atoms with van der Waals surface area (Å²) in [5.74, 6) is 3.31. The standard InChI is InChI=1S/C25H26F3NO4S2.C24H24F3NO4S2.C15H21BrO4.C10H6F3NS2.CH2O3.HI.2K.Li.H2O.H/c1-15-13-21(33-24(3,4)22(30)31-5)16(2)12-20(15)32-10-11-34-23-29-19(14-35-23)17-6-8-18(9-7-17)25(26,27)28;1-14-12-20(32-23(3,4)21(29)30)15(2)11-19(14)31-9-10-33-22-28-18(13-34-22)16-5-7-17(8-6-16)24(25,26)27;1-10-9-13(20-15(3,4)14(17)18-5)11(2)8-12(10)19-7-6-16;11-10(12,13)7-3-1-6(2-4-7)8-5-16-9(15)14-8;2-1-4-3;;;;;;/h6-9,12-14H,10-11H2,1-5H3;5-8,11-13H,9-10H2,1-4H3,(H,29,30);8-9H,6-7H2,1-5H3;1-5H,(H,14,15);1,3H;1H;;;;1H2;/q;;;;;;3*+1;;-1/p-2. The van der Waals surface area contributed by atoms with Crippen molar-refractivity contribution in [2.75, 3.05) is 50.9 Å². The number of thioether (sulfide) groups is 2. The fourth-order valence-corrected chi connectivity index (χ4v) is 13.5. The number of carboxylic acid groups (broad SMARTS) is 1. The number of rotatable bonds is 26. The van der Waals surface area contributed by atoms with Gasteiger partial charge in [0.1, 0.15) is 34.5 Å². The molecule has 0 amide bonds. The van der Waals surface area contributed by atoms with Gasteiger partial charge in [0, 0.05) is 44.1 Å². The molecule has 3 aromatic heterocycles. The van der Waals surface area contributed by atoms with E-state index in [1.807, 2.05) is 82.6 Å². The predicted molar refractivity (Wildman–Crippen MR) is 426 cm³/mol. The number of hydrogen-bond acceptors (Lipinski definition) is 23. The van der Waals surface area contributed by atoms with Crippen LogP contribution in [0, 0.1) is 45.5 Å². The minimum Gasteiger partial charge on any atom is -1.00 e. The van der Waals surface area contributed by atoms with E-state index >= 15 is 0 Å². The first-order valence-corrected chi connectivity index (χ1v) is 38.5. The maximum absolute atomic E-state index is 12.7. The number of halogens is 11. The monoisotopic (exact) mass is 1930 g/mol. The molecule has 19 nitrogen and oxygen atoms in total. The molecule has 0 saturated heterocycles. The Morgan fingerprint density at radius 1 is 0.526 bits per heavy atom. The fraction of sp³-hybridized carbons (Fsp3) is 0.347. The van der Waals surface area contributed by atoms with E-state index in [2.05, 4.69) is 35.8 Å². The molecule has 0 radical (unpaired) electrons. The van der Waals surface area contributed by atoms with Gasteiger partial charge in [0.05, 0.1) is 67.8 Å². The van der Waals surface area contributed by atoms with E-state index in [-0.39, 0.29) is 159 Å². The molecule has 9 rings (SSSR count). The van der Waals surface area contributed by atoms with Crippen LogP contribution in [0.5, 0.6) is 34.5 Å². The number of ether oxygens (including phenoxy) is 8. The SMILES string of the molecule is COC(=O)C(C)(C)Oc1cc(C)c(OCCBr)cc1C.COC(=O)C(C)(C)Oc1cc(C)c(OCCSc2nc(-c3ccc(C(F)(F)F)cc3)cs2)cc1C.Cc1cc(OC(C)(C)C(=O)O)c(C)cc1OCCSc1nc(-c2ccc(C(F)(F)F)cc2)cs1.FC(F)(F)c1ccc(-c2csc(=S)[nH]2)cc1.I.O=CO[O-].[H-].[K+].[K+].[Li+].[OH-]. The van der Waals surface area contributed by atoms with E-state index < -0.39 is 69.9 Å². The van der Waals surface area contributed by atoms with E-state index in [4.69, 9.17) is 60.2 Å². The smallest absolute Gasteiger partial charge is 1.00 e. The van der Waals surface area contributed by atoms with Gasteiger partial charge >= 0.3 is 158 Å². The number of esters is 2. The molecule has 6 aromatic carbocycles. The number of hydrogen-bond donors (Lipinski definition) is 2. The predicted octanol–water partition coefficient (Wildman–Crippen LogP) is 11.7. The third-order valence-electron chi connectivity index (χ3n) is 14.9. The average Bonchev–Trinajstić information content (AvgIpc) is 1.82. The molecule has 0 saturated carbocycles. The van der Waals surface area contributed by atoms with Crippen molar-refractivity contribution >= 4 is 134 Å². The van der Waals surface area contributed by atoms with E-state index in [0.717, 1.165) is 101 Å². The number of carbonyl (C=O) groups is 4. The van der Waals surface area contributed by atoms with E-state index in [0.29, 0.717) is 86.4 Å². The molecule has 0 spiro atoms. The molecular weight excluding hydrogens is 1850 g/mol. The van der Waals surface area contributed by atoms with Crippen molar-refractivity contribution in [2.45, 2.75) is 127 Å². The Kier molecular flexibility index (Phi) is 49.4. The second-order valence-electron chi connectivity index (χ2n) is 24.7. The maximum atomic E-state index is 12.7. The fourth-order valence-electron chi connectivity index (χ4n) is 9.07. The molecule has 608 valence electrons. The van der Waals surface area contributed by atoms with Gasteiger partial charge in [-0.25, -0.2) is 24.4 Å². The number of methoxy groups -OCH3 is 2. The molecule has 0 aliphatic carbocycles. The number of carboxylic acids is 1. The summed E-state index contributed by atoms with van der Waals surface area (Å²) in [4.78, 5) is 58.0. The quantitative estimate of drug-likeness (QED) is 0.00436. The number of aryl methyl sites for hydroxylation is 6. The number of aromatic amines is 1. The van der Waals surface area contributed by atoms with Crippen LogP contribution in [0.1, 0.15) is 93.0 Å². The van der Waals surface area contributed by atoms with Crippen molar-refractivity contribution in [3.05, 3.63) is 179 Å². The van der Waals surface area contributed by atoms with Gasteiger partial charge in [-0.05, 0) is 207 Å². The van der Waals surface area contributed by atoms with Gasteiger partial charge in [-0.3, -0.25) is 4.79 Å². The van der Waals surface area contributed by atoms with Crippen LogP contribution < -0.4 is 155 Å². The first kappa shape index (κ1) is 110. The zero-order valence-corrected chi connectivity index (χ0v) is 80.1. The second-order valence-corrected chi connectivity index (χ2v) is 31.4. The zero-order valence-electron chi connectivity index (χ0n) is 66.1. The molecule has 0 unspecified atom stereocenters. The maximum Gasteiger partial charge on any atom is 1.00 e. The molecule has 0 aliphatic heterocycles. The average molecular weight is 1940 g/mol. The topological polar surface area (TPSA) is 266 Å². The summed E-state index contributed by atoms with van der Waals surface area (Å²) in [6.07, 6.45) is -13.0. The number of aromatic nitrogens is 3. The summed E-state index contributed by atoms with van der Waals surface area (Å²) in [5.41, 5.74) is 3.66. The third-order valence-corrected chi connectivity index (χ3v) is 20.3. The Labute approximate surface area is 804 Å². The number of aliphatic carboxylic acids is 1. The van der Waals surface area contributed by atoms with Gasteiger partial charge in [-0.15, -0.1) is 58.0 Å². The molecule has 3 N–H and O–H groups in total. The van der Waals surface area contributed by atoms with Crippen LogP contribution in [0.2, 0.25) is 0 Å². The van der Waals surface area contributed by atoms with Gasteiger partial charge in [0.2, 0.25) is 0 Å². The Morgan fingerprint density at radius 3 is 1.09 bits per heavy atom. The minimum absolute atomic E-state index is 0. The molecule has 39 heteroatoms. The number of H-pyrrole nitrogens is 1. The van der Waals surface area contributed by atoms with E-state index in [1.54, 1.807) is 39.1 Å². The number of alkyl halides is 10. The molecular formula is C75H81BrF9IK2LiN3O16S6. The van der Waals surface area contributed by atoms with Crippen molar-refractivity contribution < 1.29 is 240 Å². The summed E-state index contributed by atoms with van der Waals surface area (Å²) in [7, 11) is 2.67. The van der Waals surface area contributed by atoms with Crippen molar-refractivity contribution in [3.8, 4) is 68.3 Å². The summed E-state index contributed by atoms with van der Waals surface area (Å²) in [5, 5.41) is 23.9. The Bertz CT molecular complexity index is 4570. The Balaban J connectivity index is 0. The summed E-state index contributed by atoms with van der Waals surface area (Å²) < 4.78 is 160. The van der Waals surface area contributed by atoms with Crippen molar-refractivity contribution in [1.82, 2.24) is 15.0 Å². The van der Waals surface area contributed by atoms with Crippen LogP contribution in [0.15, 0.2) is 134 Å². The van der Waals surface area contributed by atoms with E-state index in [1.165, 1.54) is 122 Å². The van der Waals surface area contributed by atoms with Crippen LogP contribution in [0.4, 0.5) is 39.5 Å². The largest absolute Gasteiger partial charge is 1.00 e. The molecule has 0 aliphatic rings. The van der Waals surface area contributed by atoms with Crippen molar-refractivity contribution in [1.29, 1.82) is 0 Å². The normalized spacial score (nSPS) is 11.0. The summed E-state index contributed by atoms with van der Waals surface area (Å²) in [6, 6.07) is 26.0. The number of nitrogens with zero attached hydrogens (tertiary/aromatic N) is 2.